The van der Waals surface area contributed by atoms with Gasteiger partial charge in [0, 0.05) is 28.6 Å². The van der Waals surface area contributed by atoms with Gasteiger partial charge in [-0.05, 0) is 78.2 Å². The summed E-state index contributed by atoms with van der Waals surface area (Å²) in [5.74, 6) is 0.689. The number of rotatable bonds is 12. The standard InChI is InChI=1S/C38H32N8O6/c1-51-36-19-32(43-40-26-6-4-3-5-7-26)24(21-47)17-35(36)46-44-33-20-37(52-2)34(18-25(33)22-48)45-42-31-15-8-23-16-28(11-14-30(23)38(31)50)41-39-27-9-12-29(49)13-10-27/h3-20,47-50H,21-22H2,1-2H3. The minimum Gasteiger partial charge on any atom is -0.508 e. The van der Waals surface area contributed by atoms with Gasteiger partial charge in [0.15, 0.2) is 5.75 Å². The van der Waals surface area contributed by atoms with E-state index in [-0.39, 0.29) is 29.5 Å². The summed E-state index contributed by atoms with van der Waals surface area (Å²) >= 11 is 0. The van der Waals surface area contributed by atoms with E-state index in [1.807, 2.05) is 30.3 Å². The van der Waals surface area contributed by atoms with E-state index in [1.165, 1.54) is 26.4 Å². The molecule has 14 nitrogen and oxygen atoms in total. The molecular weight excluding hydrogens is 664 g/mol. The second-order valence-electron chi connectivity index (χ2n) is 11.1. The van der Waals surface area contributed by atoms with Gasteiger partial charge in [-0.3, -0.25) is 0 Å². The van der Waals surface area contributed by atoms with Crippen molar-refractivity contribution in [2.45, 2.75) is 13.2 Å². The molecule has 0 aliphatic rings. The van der Waals surface area contributed by atoms with Crippen LogP contribution >= 0.6 is 0 Å². The van der Waals surface area contributed by atoms with Crippen molar-refractivity contribution in [2.75, 3.05) is 14.2 Å². The Kier molecular flexibility index (Phi) is 10.9. The maximum Gasteiger partial charge on any atom is 0.150 e. The van der Waals surface area contributed by atoms with Gasteiger partial charge in [-0.15, -0.1) is 20.5 Å². The first-order valence-electron chi connectivity index (χ1n) is 15.8. The first-order chi connectivity index (χ1) is 25.4. The van der Waals surface area contributed by atoms with Crippen molar-refractivity contribution in [3.8, 4) is 23.0 Å². The summed E-state index contributed by atoms with van der Waals surface area (Å²) in [6.45, 7) is -0.723. The van der Waals surface area contributed by atoms with Crippen LogP contribution in [0.3, 0.4) is 0 Å². The highest BCUT2D eigenvalue weighted by Crippen LogP contribution is 2.42. The Morgan fingerprint density at radius 1 is 0.462 bits per heavy atom. The fourth-order valence-electron chi connectivity index (χ4n) is 5.01. The van der Waals surface area contributed by atoms with Gasteiger partial charge in [-0.1, -0.05) is 24.3 Å². The summed E-state index contributed by atoms with van der Waals surface area (Å²) in [7, 11) is 2.93. The number of aliphatic hydroxyl groups excluding tert-OH is 2. The van der Waals surface area contributed by atoms with Crippen LogP contribution in [0.4, 0.5) is 45.5 Å². The van der Waals surface area contributed by atoms with Crippen LogP contribution in [0, 0.1) is 0 Å². The molecule has 4 N–H and O–H groups in total. The van der Waals surface area contributed by atoms with Crippen LogP contribution in [0.5, 0.6) is 23.0 Å². The van der Waals surface area contributed by atoms with Gasteiger partial charge in [0.05, 0.1) is 55.9 Å². The zero-order chi connectivity index (χ0) is 36.5. The van der Waals surface area contributed by atoms with Gasteiger partial charge in [0.25, 0.3) is 0 Å². The highest BCUT2D eigenvalue weighted by molar-refractivity contribution is 5.94. The number of aromatic hydroxyl groups is 2. The lowest BCUT2D eigenvalue weighted by molar-refractivity contribution is 0.282. The molecule has 0 saturated heterocycles. The highest BCUT2D eigenvalue weighted by atomic mass is 16.5. The third-order valence-electron chi connectivity index (χ3n) is 7.75. The van der Waals surface area contributed by atoms with Crippen molar-refractivity contribution in [3.63, 3.8) is 0 Å². The third kappa shape index (κ3) is 8.10. The van der Waals surface area contributed by atoms with E-state index in [2.05, 4.69) is 40.9 Å². The molecule has 0 aliphatic carbocycles. The number of methoxy groups -OCH3 is 2. The van der Waals surface area contributed by atoms with Crippen LogP contribution in [0.15, 0.2) is 150 Å². The SMILES string of the molecule is COc1cc(N=Nc2ccccc2)c(CO)cc1N=Nc1cc(OC)c(N=Nc2ccc3cc(N=Nc4ccc(O)cc4)ccc3c2O)cc1CO. The lowest BCUT2D eigenvalue weighted by Gasteiger charge is -2.10. The van der Waals surface area contributed by atoms with Crippen molar-refractivity contribution in [1.82, 2.24) is 0 Å². The first-order valence-corrected chi connectivity index (χ1v) is 15.8. The molecule has 0 aromatic heterocycles. The van der Waals surface area contributed by atoms with Crippen LogP contribution in [0.1, 0.15) is 11.1 Å². The topological polar surface area (TPSA) is 198 Å². The molecule has 14 heteroatoms. The monoisotopic (exact) mass is 696 g/mol. The van der Waals surface area contributed by atoms with E-state index >= 15 is 0 Å². The lowest BCUT2D eigenvalue weighted by atomic mass is 10.1. The molecule has 0 spiro atoms. The summed E-state index contributed by atoms with van der Waals surface area (Å²) in [4.78, 5) is 0. The number of nitrogens with zero attached hydrogens (tertiary/aromatic N) is 8. The molecule has 6 aromatic carbocycles. The van der Waals surface area contributed by atoms with E-state index in [1.54, 1.807) is 66.7 Å². The Hall–Kier alpha value is -6.90. The average Bonchev–Trinajstić information content (AvgIpc) is 3.18. The van der Waals surface area contributed by atoms with Crippen LogP contribution in [-0.4, -0.2) is 34.6 Å². The zero-order valence-electron chi connectivity index (χ0n) is 28.0. The van der Waals surface area contributed by atoms with E-state index in [4.69, 9.17) is 9.47 Å². The molecular formula is C38H32N8O6. The number of hydrogen-bond acceptors (Lipinski definition) is 14. The zero-order valence-corrected chi connectivity index (χ0v) is 28.0. The molecule has 0 unspecified atom stereocenters. The van der Waals surface area contributed by atoms with E-state index in [0.29, 0.717) is 67.5 Å². The van der Waals surface area contributed by atoms with Crippen LogP contribution < -0.4 is 9.47 Å². The largest absolute Gasteiger partial charge is 0.508 e. The molecule has 0 aliphatic heterocycles. The Bertz CT molecular complexity index is 2330. The summed E-state index contributed by atoms with van der Waals surface area (Å²) in [6.07, 6.45) is 0. The number of azo groups is 4. The molecule has 0 bridgehead atoms. The molecule has 260 valence electrons. The second kappa shape index (κ2) is 16.2. The molecule has 6 rings (SSSR count). The summed E-state index contributed by atoms with van der Waals surface area (Å²) in [5.41, 5.74) is 4.15. The number of phenols is 2. The maximum atomic E-state index is 11.0. The number of benzene rings is 6. The average molecular weight is 697 g/mol. The fourth-order valence-corrected chi connectivity index (χ4v) is 5.01. The molecule has 0 atom stereocenters. The van der Waals surface area contributed by atoms with Crippen LogP contribution in [-0.2, 0) is 13.2 Å². The summed E-state index contributed by atoms with van der Waals surface area (Å²) in [5, 5.41) is 76.1. The molecule has 0 radical (unpaired) electrons. The number of fused-ring (bicyclic) bond motifs is 1. The van der Waals surface area contributed by atoms with Crippen molar-refractivity contribution in [3.05, 3.63) is 120 Å². The molecule has 0 fully saturated rings. The quantitative estimate of drug-likeness (QED) is 0.0917. The second-order valence-corrected chi connectivity index (χ2v) is 11.1. The molecule has 6 aromatic rings. The lowest BCUT2D eigenvalue weighted by Crippen LogP contribution is -1.90. The van der Waals surface area contributed by atoms with Crippen molar-refractivity contribution in [1.29, 1.82) is 0 Å². The maximum absolute atomic E-state index is 11.0. The highest BCUT2D eigenvalue weighted by Gasteiger charge is 2.14. The number of phenolic OH excluding ortho intramolecular Hbond substituents is 2. The van der Waals surface area contributed by atoms with Crippen LogP contribution in [0.25, 0.3) is 10.8 Å². The molecule has 0 heterocycles. The van der Waals surface area contributed by atoms with Gasteiger partial charge in [-0.25, -0.2) is 0 Å². The van der Waals surface area contributed by atoms with Gasteiger partial charge >= 0.3 is 0 Å². The van der Waals surface area contributed by atoms with E-state index < -0.39 is 6.61 Å². The van der Waals surface area contributed by atoms with Gasteiger partial charge in [0.2, 0.25) is 0 Å². The van der Waals surface area contributed by atoms with Gasteiger partial charge in [-0.2, -0.15) is 20.5 Å². The smallest absolute Gasteiger partial charge is 0.150 e. The van der Waals surface area contributed by atoms with Crippen molar-refractivity contribution < 1.29 is 29.9 Å². The number of hydrogen-bond donors (Lipinski definition) is 4. The first kappa shape index (κ1) is 34.9. The predicted octanol–water partition coefficient (Wildman–Crippen LogP) is 10.9. The summed E-state index contributed by atoms with van der Waals surface area (Å²) < 4.78 is 11.1. The number of ether oxygens (including phenoxy) is 2. The van der Waals surface area contributed by atoms with E-state index in [0.717, 1.165) is 0 Å². The Morgan fingerprint density at radius 2 is 0.962 bits per heavy atom. The Balaban J connectivity index is 1.24. The molecule has 52 heavy (non-hydrogen) atoms. The van der Waals surface area contributed by atoms with Crippen LogP contribution in [0.2, 0.25) is 0 Å². The normalized spacial score (nSPS) is 11.8. The van der Waals surface area contributed by atoms with E-state index in [9.17, 15) is 20.4 Å². The third-order valence-corrected chi connectivity index (χ3v) is 7.75. The Morgan fingerprint density at radius 3 is 1.56 bits per heavy atom. The van der Waals surface area contributed by atoms with Crippen molar-refractivity contribution in [2.24, 2.45) is 40.9 Å². The van der Waals surface area contributed by atoms with Crippen molar-refractivity contribution >= 4 is 56.3 Å². The molecule has 0 amide bonds. The van der Waals surface area contributed by atoms with Gasteiger partial charge in [0.1, 0.15) is 34.3 Å². The Labute approximate surface area is 297 Å². The minimum atomic E-state index is -0.396. The predicted molar refractivity (Wildman–Crippen MR) is 195 cm³/mol. The fraction of sp³-hybridized carbons (Fsp3) is 0.105. The minimum absolute atomic E-state index is 0.0845. The summed E-state index contributed by atoms with van der Waals surface area (Å²) in [6, 6.07) is 30.4. The number of aliphatic hydroxyl groups is 2. The molecule has 0 saturated carbocycles. The van der Waals surface area contributed by atoms with Gasteiger partial charge < -0.3 is 29.9 Å².